The topological polar surface area (TPSA) is 17.8 Å². The van der Waals surface area contributed by atoms with Gasteiger partial charge in [-0.2, -0.15) is 5.10 Å². The van der Waals surface area contributed by atoms with Gasteiger partial charge in [0.1, 0.15) is 0 Å². The van der Waals surface area contributed by atoms with Gasteiger partial charge in [-0.15, -0.1) is 12.4 Å². The molecule has 0 radical (unpaired) electrons. The lowest BCUT2D eigenvalue weighted by Gasteiger charge is -2.02. The first-order chi connectivity index (χ1) is 11.8. The fourth-order valence-electron chi connectivity index (χ4n) is 2.95. The van der Waals surface area contributed by atoms with Crippen LogP contribution in [-0.4, -0.2) is 9.78 Å². The molecule has 124 valence electrons. The highest BCUT2D eigenvalue weighted by Crippen LogP contribution is 2.27. The second-order valence-electron chi connectivity index (χ2n) is 5.85. The van der Waals surface area contributed by atoms with E-state index in [9.17, 15) is 0 Å². The summed E-state index contributed by atoms with van der Waals surface area (Å²) in [6, 6.07) is 31.5. The van der Waals surface area contributed by atoms with Crippen LogP contribution in [-0.2, 0) is 7.05 Å². The van der Waals surface area contributed by atoms with Gasteiger partial charge in [0.2, 0.25) is 0 Å². The molecule has 3 heteroatoms. The van der Waals surface area contributed by atoms with Gasteiger partial charge in [-0.25, -0.2) is 0 Å². The third-order valence-electron chi connectivity index (χ3n) is 4.24. The molecular weight excluding hydrogens is 328 g/mol. The molecule has 0 spiro atoms. The lowest BCUT2D eigenvalue weighted by atomic mass is 10.0. The van der Waals surface area contributed by atoms with Crippen LogP contribution in [0.15, 0.2) is 91.0 Å². The maximum absolute atomic E-state index is 4.68. The summed E-state index contributed by atoms with van der Waals surface area (Å²) >= 11 is 0. The second kappa shape index (κ2) is 7.37. The molecule has 0 saturated carbocycles. The van der Waals surface area contributed by atoms with Crippen molar-refractivity contribution >= 4 is 12.4 Å². The van der Waals surface area contributed by atoms with Crippen LogP contribution in [0.2, 0.25) is 0 Å². The quantitative estimate of drug-likeness (QED) is 0.455. The zero-order chi connectivity index (χ0) is 16.4. The zero-order valence-electron chi connectivity index (χ0n) is 14.0. The Hall–Kier alpha value is -2.84. The van der Waals surface area contributed by atoms with E-state index in [0.29, 0.717) is 0 Å². The molecule has 0 aliphatic heterocycles. The SMILES string of the molecule is Cl.Cn1nc(-c2ccc(-c3ccccc3)cc2)cc1-c1ccccc1. The van der Waals surface area contributed by atoms with Crippen LogP contribution in [0.25, 0.3) is 33.6 Å². The van der Waals surface area contributed by atoms with Gasteiger partial charge in [-0.05, 0) is 22.8 Å². The molecule has 0 amide bonds. The van der Waals surface area contributed by atoms with Crippen molar-refractivity contribution in [2.45, 2.75) is 0 Å². The largest absolute Gasteiger partial charge is 0.267 e. The van der Waals surface area contributed by atoms with Gasteiger partial charge in [-0.1, -0.05) is 84.9 Å². The van der Waals surface area contributed by atoms with Crippen LogP contribution in [0, 0.1) is 0 Å². The summed E-state index contributed by atoms with van der Waals surface area (Å²) in [7, 11) is 1.99. The highest BCUT2D eigenvalue weighted by Gasteiger charge is 2.09. The first kappa shape index (κ1) is 17.0. The van der Waals surface area contributed by atoms with Crippen molar-refractivity contribution in [2.24, 2.45) is 7.05 Å². The first-order valence-electron chi connectivity index (χ1n) is 8.06. The van der Waals surface area contributed by atoms with Gasteiger partial charge in [0.05, 0.1) is 11.4 Å². The molecule has 0 aliphatic carbocycles. The minimum atomic E-state index is 0. The van der Waals surface area contributed by atoms with Crippen LogP contribution >= 0.6 is 12.4 Å². The van der Waals surface area contributed by atoms with Crippen LogP contribution in [0.4, 0.5) is 0 Å². The van der Waals surface area contributed by atoms with E-state index in [2.05, 4.69) is 84.0 Å². The number of aromatic nitrogens is 2. The molecule has 0 bridgehead atoms. The van der Waals surface area contributed by atoms with E-state index in [0.717, 1.165) is 17.0 Å². The normalized spacial score (nSPS) is 10.3. The van der Waals surface area contributed by atoms with Crippen molar-refractivity contribution in [3.8, 4) is 33.6 Å². The summed E-state index contributed by atoms with van der Waals surface area (Å²) < 4.78 is 1.94. The molecule has 0 unspecified atom stereocenters. The summed E-state index contributed by atoms with van der Waals surface area (Å²) in [5.41, 5.74) is 6.88. The van der Waals surface area contributed by atoms with Crippen molar-refractivity contribution in [3.63, 3.8) is 0 Å². The van der Waals surface area contributed by atoms with Gasteiger partial charge < -0.3 is 0 Å². The van der Waals surface area contributed by atoms with Crippen molar-refractivity contribution in [1.29, 1.82) is 0 Å². The molecule has 0 aliphatic rings. The Bertz CT molecular complexity index is 943. The van der Waals surface area contributed by atoms with E-state index in [1.807, 2.05) is 23.9 Å². The lowest BCUT2D eigenvalue weighted by molar-refractivity contribution is 0.779. The average Bonchev–Trinajstić information content (AvgIpc) is 3.05. The molecule has 3 aromatic carbocycles. The molecule has 4 rings (SSSR count). The molecular formula is C22H19ClN2. The number of hydrogen-bond acceptors (Lipinski definition) is 1. The standard InChI is InChI=1S/C22H18N2.ClH/c1-24-22(20-10-6-3-7-11-20)16-21(23-24)19-14-12-18(13-15-19)17-8-4-2-5-9-17;/h2-16H,1H3;1H. The van der Waals surface area contributed by atoms with Crippen LogP contribution in [0.1, 0.15) is 0 Å². The maximum Gasteiger partial charge on any atom is 0.0929 e. The Kier molecular flexibility index (Phi) is 5.01. The Labute approximate surface area is 154 Å². The Morgan fingerprint density at radius 1 is 0.600 bits per heavy atom. The van der Waals surface area contributed by atoms with E-state index in [4.69, 9.17) is 0 Å². The number of rotatable bonds is 3. The van der Waals surface area contributed by atoms with Gasteiger partial charge in [0.15, 0.2) is 0 Å². The predicted molar refractivity (Wildman–Crippen MR) is 107 cm³/mol. The van der Waals surface area contributed by atoms with Gasteiger partial charge in [0.25, 0.3) is 0 Å². The van der Waals surface area contributed by atoms with Crippen molar-refractivity contribution in [2.75, 3.05) is 0 Å². The molecule has 0 fully saturated rings. The summed E-state index contributed by atoms with van der Waals surface area (Å²) in [5, 5.41) is 4.68. The van der Waals surface area contributed by atoms with Crippen molar-refractivity contribution < 1.29 is 0 Å². The van der Waals surface area contributed by atoms with Crippen LogP contribution in [0.5, 0.6) is 0 Å². The maximum atomic E-state index is 4.68. The van der Waals surface area contributed by atoms with E-state index >= 15 is 0 Å². The Balaban J connectivity index is 0.00000182. The fourth-order valence-corrected chi connectivity index (χ4v) is 2.95. The zero-order valence-corrected chi connectivity index (χ0v) is 14.8. The van der Waals surface area contributed by atoms with Crippen molar-refractivity contribution in [1.82, 2.24) is 9.78 Å². The summed E-state index contributed by atoms with van der Waals surface area (Å²) in [6.45, 7) is 0. The fraction of sp³-hybridized carbons (Fsp3) is 0.0455. The highest BCUT2D eigenvalue weighted by molar-refractivity contribution is 5.85. The summed E-state index contributed by atoms with van der Waals surface area (Å²) in [4.78, 5) is 0. The van der Waals surface area contributed by atoms with Crippen LogP contribution < -0.4 is 0 Å². The molecule has 25 heavy (non-hydrogen) atoms. The van der Waals surface area contributed by atoms with E-state index in [1.165, 1.54) is 16.7 Å². The molecule has 2 nitrogen and oxygen atoms in total. The first-order valence-corrected chi connectivity index (χ1v) is 8.06. The third kappa shape index (κ3) is 3.49. The predicted octanol–water partition coefficient (Wildman–Crippen LogP) is 5.84. The molecule has 0 atom stereocenters. The molecule has 1 heterocycles. The number of hydrogen-bond donors (Lipinski definition) is 0. The smallest absolute Gasteiger partial charge is 0.0929 e. The van der Waals surface area contributed by atoms with Crippen molar-refractivity contribution in [3.05, 3.63) is 91.0 Å². The second-order valence-corrected chi connectivity index (χ2v) is 5.85. The molecule has 1 aromatic heterocycles. The molecule has 4 aromatic rings. The number of halogens is 1. The number of aryl methyl sites for hydroxylation is 1. The Morgan fingerprint density at radius 3 is 1.68 bits per heavy atom. The monoisotopic (exact) mass is 346 g/mol. The number of nitrogens with zero attached hydrogens (tertiary/aromatic N) is 2. The van der Waals surface area contributed by atoms with Gasteiger partial charge >= 0.3 is 0 Å². The van der Waals surface area contributed by atoms with Crippen LogP contribution in [0.3, 0.4) is 0 Å². The summed E-state index contributed by atoms with van der Waals surface area (Å²) in [5.74, 6) is 0. The molecule has 0 saturated heterocycles. The Morgan fingerprint density at radius 2 is 1.08 bits per heavy atom. The van der Waals surface area contributed by atoms with E-state index in [-0.39, 0.29) is 12.4 Å². The minimum absolute atomic E-state index is 0. The average molecular weight is 347 g/mol. The lowest BCUT2D eigenvalue weighted by Crippen LogP contribution is -1.93. The van der Waals surface area contributed by atoms with E-state index < -0.39 is 0 Å². The van der Waals surface area contributed by atoms with Gasteiger partial charge in [-0.3, -0.25) is 4.68 Å². The summed E-state index contributed by atoms with van der Waals surface area (Å²) in [6.07, 6.45) is 0. The third-order valence-corrected chi connectivity index (χ3v) is 4.24. The number of benzene rings is 3. The minimum Gasteiger partial charge on any atom is -0.267 e. The molecule has 0 N–H and O–H groups in total. The van der Waals surface area contributed by atoms with E-state index in [1.54, 1.807) is 0 Å². The highest BCUT2D eigenvalue weighted by atomic mass is 35.5. The van der Waals surface area contributed by atoms with Gasteiger partial charge in [0, 0.05) is 12.6 Å².